The number of hydrogen-bond acceptors (Lipinski definition) is 2. The van der Waals surface area contributed by atoms with Crippen LogP contribution in [0.4, 0.5) is 0 Å². The molecule has 0 spiro atoms. The van der Waals surface area contributed by atoms with Crippen LogP contribution in [0.5, 0.6) is 0 Å². The van der Waals surface area contributed by atoms with Gasteiger partial charge in [-0.15, -0.1) is 0 Å². The first-order chi connectivity index (χ1) is 10.7. The zero-order valence-corrected chi connectivity index (χ0v) is 11.6. The van der Waals surface area contributed by atoms with Crippen LogP contribution >= 0.6 is 0 Å². The Morgan fingerprint density at radius 2 is 1.77 bits per heavy atom. The van der Waals surface area contributed by atoms with Crippen molar-refractivity contribution in [1.82, 2.24) is 4.57 Å². The van der Waals surface area contributed by atoms with E-state index in [1.807, 2.05) is 65.4 Å². The third-order valence-corrected chi connectivity index (χ3v) is 3.43. The highest BCUT2D eigenvalue weighted by Crippen LogP contribution is 2.26. The van der Waals surface area contributed by atoms with E-state index in [1.165, 1.54) is 6.08 Å². The predicted octanol–water partition coefficient (Wildman–Crippen LogP) is 3.62. The van der Waals surface area contributed by atoms with Crippen LogP contribution in [0.2, 0.25) is 0 Å². The Bertz CT molecular complexity index is 915. The summed E-state index contributed by atoms with van der Waals surface area (Å²) in [5.74, 6) is -1.22. The number of rotatable bonds is 3. The van der Waals surface area contributed by atoms with Crippen LogP contribution in [0.1, 0.15) is 5.56 Å². The van der Waals surface area contributed by atoms with Gasteiger partial charge in [-0.1, -0.05) is 36.4 Å². The third kappa shape index (κ3) is 2.36. The molecule has 2 aromatic carbocycles. The molecule has 0 fully saturated rings. The second-order valence-electron chi connectivity index (χ2n) is 4.78. The van der Waals surface area contributed by atoms with Crippen molar-refractivity contribution in [2.45, 2.75) is 0 Å². The molecule has 4 heteroatoms. The number of nitriles is 1. The minimum Gasteiger partial charge on any atom is -0.477 e. The van der Waals surface area contributed by atoms with Crippen molar-refractivity contribution >= 4 is 22.9 Å². The summed E-state index contributed by atoms with van der Waals surface area (Å²) in [6.07, 6.45) is 3.25. The van der Waals surface area contributed by atoms with Gasteiger partial charge in [-0.05, 0) is 24.3 Å². The first kappa shape index (κ1) is 13.7. The topological polar surface area (TPSA) is 66.0 Å². The molecule has 0 aliphatic rings. The lowest BCUT2D eigenvalue weighted by Gasteiger charge is -2.04. The van der Waals surface area contributed by atoms with Gasteiger partial charge in [0.05, 0.1) is 5.52 Å². The van der Waals surface area contributed by atoms with E-state index in [0.717, 1.165) is 16.6 Å². The number of para-hydroxylation sites is 2. The second kappa shape index (κ2) is 5.58. The fourth-order valence-corrected chi connectivity index (χ4v) is 2.42. The fourth-order valence-electron chi connectivity index (χ4n) is 2.42. The van der Waals surface area contributed by atoms with Gasteiger partial charge in [0, 0.05) is 22.8 Å². The van der Waals surface area contributed by atoms with E-state index in [4.69, 9.17) is 10.4 Å². The number of aromatic nitrogens is 1. The average Bonchev–Trinajstić information content (AvgIpc) is 2.92. The Hall–Kier alpha value is -3.32. The van der Waals surface area contributed by atoms with Gasteiger partial charge in [0.25, 0.3) is 0 Å². The number of aliphatic carboxylic acids is 1. The number of nitrogens with zero attached hydrogens (tertiary/aromatic N) is 2. The summed E-state index contributed by atoms with van der Waals surface area (Å²) in [5.41, 5.74) is 2.36. The normalized spacial score (nSPS) is 11.3. The monoisotopic (exact) mass is 288 g/mol. The Kier molecular flexibility index (Phi) is 3.47. The lowest BCUT2D eigenvalue weighted by Crippen LogP contribution is -1.97. The lowest BCUT2D eigenvalue weighted by molar-refractivity contribution is -0.132. The van der Waals surface area contributed by atoms with Crippen molar-refractivity contribution in [3.8, 4) is 11.8 Å². The van der Waals surface area contributed by atoms with Crippen LogP contribution in [0.3, 0.4) is 0 Å². The van der Waals surface area contributed by atoms with Gasteiger partial charge in [-0.25, -0.2) is 4.79 Å². The zero-order valence-electron chi connectivity index (χ0n) is 11.6. The van der Waals surface area contributed by atoms with Crippen molar-refractivity contribution in [3.63, 3.8) is 0 Å². The highest BCUT2D eigenvalue weighted by molar-refractivity contribution is 6.00. The zero-order chi connectivity index (χ0) is 15.5. The van der Waals surface area contributed by atoms with Gasteiger partial charge >= 0.3 is 5.97 Å². The highest BCUT2D eigenvalue weighted by atomic mass is 16.4. The molecule has 4 nitrogen and oxygen atoms in total. The molecule has 0 aliphatic carbocycles. The van der Waals surface area contributed by atoms with E-state index in [-0.39, 0.29) is 5.57 Å². The number of carboxylic acids is 1. The summed E-state index contributed by atoms with van der Waals surface area (Å²) in [6, 6.07) is 19.2. The number of fused-ring (bicyclic) bond motifs is 1. The molecule has 3 rings (SSSR count). The Morgan fingerprint density at radius 1 is 1.09 bits per heavy atom. The first-order valence-corrected chi connectivity index (χ1v) is 6.71. The maximum Gasteiger partial charge on any atom is 0.346 e. The standard InChI is InChI=1S/C18H12N2O2/c19-11-13(18(21)22)10-14-12-20(15-6-2-1-3-7-15)17-9-5-4-8-16(14)17/h1-10,12H,(H,21,22)/b13-10-. The molecule has 0 unspecified atom stereocenters. The van der Waals surface area contributed by atoms with Crippen LogP contribution in [0.25, 0.3) is 22.7 Å². The van der Waals surface area contributed by atoms with Crippen LogP contribution in [-0.2, 0) is 4.79 Å². The summed E-state index contributed by atoms with van der Waals surface area (Å²) in [5, 5.41) is 18.9. The average molecular weight is 288 g/mol. The van der Waals surface area contributed by atoms with Crippen LogP contribution in [0.15, 0.2) is 66.4 Å². The van der Waals surface area contributed by atoms with Crippen LogP contribution in [-0.4, -0.2) is 15.6 Å². The fraction of sp³-hybridized carbons (Fsp3) is 0. The maximum absolute atomic E-state index is 11.1. The maximum atomic E-state index is 11.1. The van der Waals surface area contributed by atoms with Crippen molar-refractivity contribution < 1.29 is 9.90 Å². The quantitative estimate of drug-likeness (QED) is 0.591. The van der Waals surface area contributed by atoms with Gasteiger partial charge in [-0.3, -0.25) is 0 Å². The molecule has 1 aromatic heterocycles. The summed E-state index contributed by atoms with van der Waals surface area (Å²) < 4.78 is 1.98. The molecule has 106 valence electrons. The molecule has 0 saturated heterocycles. The molecule has 0 bridgehead atoms. The van der Waals surface area contributed by atoms with Crippen LogP contribution < -0.4 is 0 Å². The second-order valence-corrected chi connectivity index (χ2v) is 4.78. The molecular formula is C18H12N2O2. The molecule has 22 heavy (non-hydrogen) atoms. The van der Waals surface area contributed by atoms with Crippen molar-refractivity contribution in [2.75, 3.05) is 0 Å². The smallest absolute Gasteiger partial charge is 0.346 e. The molecule has 3 aromatic rings. The van der Waals surface area contributed by atoms with Gasteiger partial charge in [0.15, 0.2) is 0 Å². The molecule has 0 amide bonds. The van der Waals surface area contributed by atoms with E-state index in [9.17, 15) is 4.79 Å². The van der Waals surface area contributed by atoms with Crippen molar-refractivity contribution in [2.24, 2.45) is 0 Å². The lowest BCUT2D eigenvalue weighted by atomic mass is 10.1. The number of hydrogen-bond donors (Lipinski definition) is 1. The molecule has 1 N–H and O–H groups in total. The first-order valence-electron chi connectivity index (χ1n) is 6.71. The van der Waals surface area contributed by atoms with Gasteiger partial charge in [0.1, 0.15) is 11.6 Å². The van der Waals surface area contributed by atoms with E-state index in [0.29, 0.717) is 5.56 Å². The van der Waals surface area contributed by atoms with E-state index >= 15 is 0 Å². The van der Waals surface area contributed by atoms with Crippen molar-refractivity contribution in [3.05, 3.63) is 71.9 Å². The molecular weight excluding hydrogens is 276 g/mol. The van der Waals surface area contributed by atoms with Crippen LogP contribution in [0, 0.1) is 11.3 Å². The minimum absolute atomic E-state index is 0.282. The Balaban J connectivity index is 2.26. The Morgan fingerprint density at radius 3 is 2.45 bits per heavy atom. The molecule has 0 saturated carbocycles. The van der Waals surface area contributed by atoms with Gasteiger partial charge in [-0.2, -0.15) is 5.26 Å². The Labute approximate surface area is 127 Å². The summed E-state index contributed by atoms with van der Waals surface area (Å²) >= 11 is 0. The van der Waals surface area contributed by atoms with E-state index in [1.54, 1.807) is 6.07 Å². The molecule has 0 aliphatic heterocycles. The highest BCUT2D eigenvalue weighted by Gasteiger charge is 2.11. The number of carbonyl (C=O) groups is 1. The van der Waals surface area contributed by atoms with E-state index in [2.05, 4.69) is 0 Å². The molecule has 0 atom stereocenters. The van der Waals surface area contributed by atoms with Gasteiger partial charge < -0.3 is 9.67 Å². The number of carboxylic acid groups (broad SMARTS) is 1. The number of benzene rings is 2. The minimum atomic E-state index is -1.22. The SMILES string of the molecule is N#C/C(=C/c1cn(-c2ccccc2)c2ccccc12)C(=O)O. The molecule has 1 heterocycles. The van der Waals surface area contributed by atoms with E-state index < -0.39 is 5.97 Å². The predicted molar refractivity (Wildman–Crippen MR) is 84.5 cm³/mol. The molecule has 0 radical (unpaired) electrons. The summed E-state index contributed by atoms with van der Waals surface area (Å²) in [7, 11) is 0. The summed E-state index contributed by atoms with van der Waals surface area (Å²) in [6.45, 7) is 0. The summed E-state index contributed by atoms with van der Waals surface area (Å²) in [4.78, 5) is 11.1. The largest absolute Gasteiger partial charge is 0.477 e. The van der Waals surface area contributed by atoms with Crippen molar-refractivity contribution in [1.29, 1.82) is 5.26 Å². The van der Waals surface area contributed by atoms with Gasteiger partial charge in [0.2, 0.25) is 0 Å². The third-order valence-electron chi connectivity index (χ3n) is 3.43.